The number of carbonyl (C=O) groups excluding carboxylic acids is 1. The average molecular weight is 383 g/mol. The van der Waals surface area contributed by atoms with Crippen LogP contribution in [0.5, 0.6) is 0 Å². The Kier molecular flexibility index (Phi) is 5.42. The number of pyridine rings is 1. The molecule has 6 heteroatoms. The number of benzene rings is 1. The first kappa shape index (κ1) is 18.6. The highest BCUT2D eigenvalue weighted by atomic mass is 16.1. The molecule has 4 rings (SSSR count). The van der Waals surface area contributed by atoms with E-state index < -0.39 is 0 Å². The summed E-state index contributed by atoms with van der Waals surface area (Å²) in [6.07, 6.45) is 9.69. The van der Waals surface area contributed by atoms with E-state index in [0.29, 0.717) is 18.1 Å². The molecule has 0 saturated heterocycles. The van der Waals surface area contributed by atoms with Crippen LogP contribution >= 0.6 is 0 Å². The van der Waals surface area contributed by atoms with Crippen molar-refractivity contribution in [3.05, 3.63) is 90.8 Å². The Bertz CT molecular complexity index is 1090. The van der Waals surface area contributed by atoms with E-state index in [1.165, 1.54) is 5.56 Å². The standard InChI is InChI=1S/C23H21N5O/c1-28-16-19(20-14-26-22(27-15-20)18-8-5-10-24-13-18)12-21(28)23(29)25-11-9-17-6-3-2-4-7-17/h2-8,10,12-16H,9,11H2,1H3,(H,25,29). The topological polar surface area (TPSA) is 72.7 Å². The lowest BCUT2D eigenvalue weighted by Gasteiger charge is -2.06. The molecular weight excluding hydrogens is 362 g/mol. The summed E-state index contributed by atoms with van der Waals surface area (Å²) in [5.74, 6) is 0.527. The number of aromatic nitrogens is 4. The third-order valence-corrected chi connectivity index (χ3v) is 4.68. The van der Waals surface area contributed by atoms with Crippen LogP contribution in [0.15, 0.2) is 79.5 Å². The zero-order chi connectivity index (χ0) is 20.1. The molecule has 0 spiro atoms. The lowest BCUT2D eigenvalue weighted by molar-refractivity contribution is 0.0946. The molecule has 0 saturated carbocycles. The highest BCUT2D eigenvalue weighted by molar-refractivity contribution is 5.94. The second-order valence-corrected chi connectivity index (χ2v) is 6.75. The molecule has 0 atom stereocenters. The molecule has 0 radical (unpaired) electrons. The van der Waals surface area contributed by atoms with Gasteiger partial charge in [-0.05, 0) is 30.2 Å². The first-order valence-electron chi connectivity index (χ1n) is 9.42. The van der Waals surface area contributed by atoms with Gasteiger partial charge in [-0.1, -0.05) is 30.3 Å². The number of nitrogens with one attached hydrogen (secondary N) is 1. The molecule has 0 bridgehead atoms. The Balaban J connectivity index is 1.44. The van der Waals surface area contributed by atoms with Gasteiger partial charge in [-0.3, -0.25) is 9.78 Å². The second-order valence-electron chi connectivity index (χ2n) is 6.75. The lowest BCUT2D eigenvalue weighted by Crippen LogP contribution is -2.27. The molecule has 4 aromatic rings. The average Bonchev–Trinajstić information content (AvgIpc) is 3.17. The van der Waals surface area contributed by atoms with Crippen LogP contribution < -0.4 is 5.32 Å². The van der Waals surface area contributed by atoms with E-state index in [9.17, 15) is 4.79 Å². The summed E-state index contributed by atoms with van der Waals surface area (Å²) in [7, 11) is 1.86. The van der Waals surface area contributed by atoms with E-state index in [2.05, 4.69) is 32.4 Å². The number of hydrogen-bond donors (Lipinski definition) is 1. The van der Waals surface area contributed by atoms with Crippen molar-refractivity contribution in [2.75, 3.05) is 6.54 Å². The van der Waals surface area contributed by atoms with E-state index in [1.807, 2.05) is 54.2 Å². The molecule has 1 amide bonds. The molecule has 0 aliphatic carbocycles. The van der Waals surface area contributed by atoms with Gasteiger partial charge in [0.1, 0.15) is 5.69 Å². The van der Waals surface area contributed by atoms with Crippen molar-refractivity contribution in [1.29, 1.82) is 0 Å². The molecule has 29 heavy (non-hydrogen) atoms. The van der Waals surface area contributed by atoms with Gasteiger partial charge in [0.05, 0.1) is 0 Å². The Hall–Kier alpha value is -3.80. The third kappa shape index (κ3) is 4.38. The van der Waals surface area contributed by atoms with Crippen molar-refractivity contribution in [3.63, 3.8) is 0 Å². The molecule has 0 aliphatic heterocycles. The molecular formula is C23H21N5O. The maximum Gasteiger partial charge on any atom is 0.267 e. The fourth-order valence-corrected chi connectivity index (χ4v) is 3.12. The fourth-order valence-electron chi connectivity index (χ4n) is 3.12. The van der Waals surface area contributed by atoms with E-state index >= 15 is 0 Å². The Morgan fingerprint density at radius 3 is 2.48 bits per heavy atom. The molecule has 144 valence electrons. The summed E-state index contributed by atoms with van der Waals surface area (Å²) in [6.45, 7) is 0.590. The van der Waals surface area contributed by atoms with Crippen LogP contribution in [0.25, 0.3) is 22.5 Å². The van der Waals surface area contributed by atoms with Crippen molar-refractivity contribution < 1.29 is 4.79 Å². The zero-order valence-corrected chi connectivity index (χ0v) is 16.1. The minimum absolute atomic E-state index is 0.0948. The molecule has 3 aromatic heterocycles. The molecule has 1 aromatic carbocycles. The van der Waals surface area contributed by atoms with Gasteiger partial charge in [-0.25, -0.2) is 9.97 Å². The van der Waals surface area contributed by atoms with E-state index in [4.69, 9.17) is 0 Å². The predicted octanol–water partition coefficient (Wildman–Crippen LogP) is 3.52. The van der Waals surface area contributed by atoms with Crippen molar-refractivity contribution in [2.45, 2.75) is 6.42 Å². The summed E-state index contributed by atoms with van der Waals surface area (Å²) >= 11 is 0. The van der Waals surface area contributed by atoms with Gasteiger partial charge < -0.3 is 9.88 Å². The summed E-state index contributed by atoms with van der Waals surface area (Å²) in [4.78, 5) is 25.5. The third-order valence-electron chi connectivity index (χ3n) is 4.68. The minimum atomic E-state index is -0.0948. The first-order valence-corrected chi connectivity index (χ1v) is 9.42. The maximum absolute atomic E-state index is 12.6. The smallest absolute Gasteiger partial charge is 0.267 e. The number of carbonyl (C=O) groups is 1. The molecule has 1 N–H and O–H groups in total. The molecule has 3 heterocycles. The Labute approximate surface area is 169 Å². The van der Waals surface area contributed by atoms with Gasteiger partial charge in [-0.2, -0.15) is 0 Å². The first-order chi connectivity index (χ1) is 14.2. The molecule has 0 aliphatic rings. The normalized spacial score (nSPS) is 10.7. The van der Waals surface area contributed by atoms with Gasteiger partial charge in [0.25, 0.3) is 5.91 Å². The van der Waals surface area contributed by atoms with Gasteiger partial charge in [-0.15, -0.1) is 0 Å². The molecule has 6 nitrogen and oxygen atoms in total. The van der Waals surface area contributed by atoms with Crippen LogP contribution in [0, 0.1) is 0 Å². The highest BCUT2D eigenvalue weighted by Gasteiger charge is 2.13. The Morgan fingerprint density at radius 2 is 1.76 bits per heavy atom. The van der Waals surface area contributed by atoms with E-state index in [1.54, 1.807) is 24.8 Å². The lowest BCUT2D eigenvalue weighted by atomic mass is 10.1. The number of amides is 1. The van der Waals surface area contributed by atoms with Crippen molar-refractivity contribution in [3.8, 4) is 22.5 Å². The van der Waals surface area contributed by atoms with E-state index in [0.717, 1.165) is 23.1 Å². The summed E-state index contributed by atoms with van der Waals surface area (Å²) in [5, 5.41) is 2.99. The predicted molar refractivity (Wildman–Crippen MR) is 112 cm³/mol. The number of nitrogens with zero attached hydrogens (tertiary/aromatic N) is 4. The van der Waals surface area contributed by atoms with Crippen LogP contribution in [-0.4, -0.2) is 32.0 Å². The summed E-state index contributed by atoms with van der Waals surface area (Å²) in [6, 6.07) is 15.7. The van der Waals surface area contributed by atoms with Crippen LogP contribution in [0.4, 0.5) is 0 Å². The van der Waals surface area contributed by atoms with Gasteiger partial charge in [0, 0.05) is 61.3 Å². The monoisotopic (exact) mass is 383 g/mol. The van der Waals surface area contributed by atoms with Crippen molar-refractivity contribution >= 4 is 5.91 Å². The SMILES string of the molecule is Cn1cc(-c2cnc(-c3cccnc3)nc2)cc1C(=O)NCCc1ccccc1. The van der Waals surface area contributed by atoms with Gasteiger partial charge in [0.15, 0.2) is 5.82 Å². The quantitative estimate of drug-likeness (QED) is 0.553. The zero-order valence-electron chi connectivity index (χ0n) is 16.1. The number of rotatable bonds is 6. The Morgan fingerprint density at radius 1 is 0.966 bits per heavy atom. The molecule has 0 unspecified atom stereocenters. The van der Waals surface area contributed by atoms with Crippen LogP contribution in [0.2, 0.25) is 0 Å². The largest absolute Gasteiger partial charge is 0.350 e. The van der Waals surface area contributed by atoms with Crippen molar-refractivity contribution in [1.82, 2.24) is 24.8 Å². The van der Waals surface area contributed by atoms with Gasteiger partial charge >= 0.3 is 0 Å². The maximum atomic E-state index is 12.6. The number of hydrogen-bond acceptors (Lipinski definition) is 4. The van der Waals surface area contributed by atoms with Crippen LogP contribution in [0.3, 0.4) is 0 Å². The minimum Gasteiger partial charge on any atom is -0.350 e. The fraction of sp³-hybridized carbons (Fsp3) is 0.130. The number of aryl methyl sites for hydroxylation is 1. The van der Waals surface area contributed by atoms with E-state index in [-0.39, 0.29) is 5.91 Å². The van der Waals surface area contributed by atoms with Crippen LogP contribution in [0.1, 0.15) is 16.1 Å². The van der Waals surface area contributed by atoms with Gasteiger partial charge in [0.2, 0.25) is 0 Å². The molecule has 0 fully saturated rings. The second kappa shape index (κ2) is 8.48. The summed E-state index contributed by atoms with van der Waals surface area (Å²) < 4.78 is 1.82. The highest BCUT2D eigenvalue weighted by Crippen LogP contribution is 2.22. The van der Waals surface area contributed by atoms with Crippen LogP contribution in [-0.2, 0) is 13.5 Å². The summed E-state index contributed by atoms with van der Waals surface area (Å²) in [5.41, 5.74) is 4.43. The van der Waals surface area contributed by atoms with Crippen molar-refractivity contribution in [2.24, 2.45) is 7.05 Å².